The maximum Gasteiger partial charge on any atom is 0.248 e. The fourth-order valence-corrected chi connectivity index (χ4v) is 5.30. The van der Waals surface area contributed by atoms with Gasteiger partial charge in [-0.2, -0.15) is 4.31 Å². The average molecular weight is 435 g/mol. The number of sulfonamides is 1. The van der Waals surface area contributed by atoms with Crippen LogP contribution in [0, 0.1) is 13.8 Å². The topological polar surface area (TPSA) is 113 Å². The van der Waals surface area contributed by atoms with E-state index in [1.807, 2.05) is 4.90 Å². The number of Topliss-reactive ketones (excluding diaryl/α,β-unsaturated/α-hetero) is 1. The Hall–Kier alpha value is -2.56. The fraction of sp³-hybridized carbons (Fsp3) is 0.450. The van der Waals surface area contributed by atoms with Crippen molar-refractivity contribution in [3.8, 4) is 0 Å². The number of aryl methyl sites for hydroxylation is 2. The van der Waals surface area contributed by atoms with E-state index in [4.69, 9.17) is 4.52 Å². The molecule has 1 aliphatic heterocycles. The molecule has 1 aromatic carbocycles. The van der Waals surface area contributed by atoms with E-state index in [1.165, 1.54) is 11.2 Å². The molecule has 0 bridgehead atoms. The lowest BCUT2D eigenvalue weighted by molar-refractivity contribution is -0.117. The van der Waals surface area contributed by atoms with Crippen LogP contribution in [0.25, 0.3) is 0 Å². The fourth-order valence-electron chi connectivity index (χ4n) is 3.54. The van der Waals surface area contributed by atoms with Gasteiger partial charge in [-0.1, -0.05) is 17.3 Å². The molecule has 1 aliphatic rings. The number of benzene rings is 1. The van der Waals surface area contributed by atoms with E-state index >= 15 is 0 Å². The molecule has 3 rings (SSSR count). The van der Waals surface area contributed by atoms with Crippen LogP contribution in [0.2, 0.25) is 0 Å². The van der Waals surface area contributed by atoms with E-state index in [1.54, 1.807) is 38.1 Å². The number of carbonyl (C=O) groups excluding carboxylic acids is 2. The number of nitrogens with zero attached hydrogens (tertiary/aromatic N) is 3. The number of rotatable bonds is 6. The molecule has 0 unspecified atom stereocenters. The summed E-state index contributed by atoms with van der Waals surface area (Å²) in [5.74, 6) is -0.00304. The normalized spacial score (nSPS) is 16.2. The van der Waals surface area contributed by atoms with Gasteiger partial charge >= 0.3 is 0 Å². The van der Waals surface area contributed by atoms with Gasteiger partial charge in [-0.3, -0.25) is 14.5 Å². The first-order chi connectivity index (χ1) is 14.2. The molecule has 1 aromatic heterocycles. The minimum Gasteiger partial charge on any atom is -0.360 e. The predicted molar refractivity (Wildman–Crippen MR) is 111 cm³/mol. The van der Waals surface area contributed by atoms with Gasteiger partial charge in [0.25, 0.3) is 0 Å². The summed E-state index contributed by atoms with van der Waals surface area (Å²) in [6.07, 6.45) is 0.607. The number of carbonyl (C=O) groups is 2. The van der Waals surface area contributed by atoms with Crippen molar-refractivity contribution < 1.29 is 22.5 Å². The van der Waals surface area contributed by atoms with Gasteiger partial charge in [0, 0.05) is 30.9 Å². The van der Waals surface area contributed by atoms with Crippen molar-refractivity contribution in [2.24, 2.45) is 0 Å². The number of ketones is 1. The van der Waals surface area contributed by atoms with Crippen LogP contribution in [0.5, 0.6) is 0 Å². The highest BCUT2D eigenvalue weighted by atomic mass is 32.2. The van der Waals surface area contributed by atoms with Crippen molar-refractivity contribution in [1.82, 2.24) is 14.4 Å². The summed E-state index contributed by atoms with van der Waals surface area (Å²) >= 11 is 0. The molecule has 0 spiro atoms. The van der Waals surface area contributed by atoms with E-state index in [2.05, 4.69) is 10.5 Å². The first-order valence-corrected chi connectivity index (χ1v) is 11.2. The lowest BCUT2D eigenvalue weighted by Gasteiger charge is -2.21. The van der Waals surface area contributed by atoms with Crippen LogP contribution >= 0.6 is 0 Å². The van der Waals surface area contributed by atoms with Crippen LogP contribution in [-0.4, -0.2) is 67.2 Å². The molecule has 10 heteroatoms. The summed E-state index contributed by atoms with van der Waals surface area (Å²) < 4.78 is 32.4. The molecule has 0 atom stereocenters. The van der Waals surface area contributed by atoms with E-state index in [0.29, 0.717) is 43.0 Å². The van der Waals surface area contributed by atoms with E-state index in [0.717, 1.165) is 0 Å². The van der Waals surface area contributed by atoms with Crippen LogP contribution in [0.15, 0.2) is 33.7 Å². The monoisotopic (exact) mass is 434 g/mol. The minimum absolute atomic E-state index is 0.0711. The SMILES string of the molecule is CC(=O)c1cccc(NC(=O)CN2CCCN(S(=O)(=O)c3c(C)noc3C)CC2)c1. The van der Waals surface area contributed by atoms with Crippen molar-refractivity contribution in [1.29, 1.82) is 0 Å². The Morgan fingerprint density at radius 1 is 1.17 bits per heavy atom. The summed E-state index contributed by atoms with van der Waals surface area (Å²) in [5, 5.41) is 6.54. The highest BCUT2D eigenvalue weighted by Crippen LogP contribution is 2.24. The number of aromatic nitrogens is 1. The second kappa shape index (κ2) is 9.07. The van der Waals surface area contributed by atoms with Gasteiger partial charge < -0.3 is 9.84 Å². The van der Waals surface area contributed by atoms with E-state index < -0.39 is 10.0 Å². The molecule has 1 amide bonds. The van der Waals surface area contributed by atoms with Crippen LogP contribution in [-0.2, 0) is 14.8 Å². The third-order valence-corrected chi connectivity index (χ3v) is 7.18. The quantitative estimate of drug-likeness (QED) is 0.690. The van der Waals surface area contributed by atoms with Gasteiger partial charge in [-0.05, 0) is 45.9 Å². The second-order valence-electron chi connectivity index (χ2n) is 7.37. The van der Waals surface area contributed by atoms with Crippen molar-refractivity contribution in [2.45, 2.75) is 32.1 Å². The molecule has 0 radical (unpaired) electrons. The molecule has 1 saturated heterocycles. The van der Waals surface area contributed by atoms with Crippen LogP contribution in [0.3, 0.4) is 0 Å². The lowest BCUT2D eigenvalue weighted by atomic mass is 10.1. The molecular formula is C20H26N4O5S. The summed E-state index contributed by atoms with van der Waals surface area (Å²) in [6.45, 7) is 6.49. The Labute approximate surface area is 176 Å². The average Bonchev–Trinajstić information content (AvgIpc) is 2.88. The third-order valence-electron chi connectivity index (χ3n) is 5.03. The van der Waals surface area contributed by atoms with Crippen molar-refractivity contribution >= 4 is 27.4 Å². The summed E-state index contributed by atoms with van der Waals surface area (Å²) in [4.78, 5) is 26.0. The molecule has 9 nitrogen and oxygen atoms in total. The van der Waals surface area contributed by atoms with E-state index in [-0.39, 0.29) is 35.4 Å². The largest absolute Gasteiger partial charge is 0.360 e. The molecule has 2 heterocycles. The summed E-state index contributed by atoms with van der Waals surface area (Å²) in [7, 11) is -3.70. The molecule has 2 aromatic rings. The number of hydrogen-bond donors (Lipinski definition) is 1. The molecule has 30 heavy (non-hydrogen) atoms. The number of hydrogen-bond acceptors (Lipinski definition) is 7. The van der Waals surface area contributed by atoms with Crippen molar-refractivity contribution in [2.75, 3.05) is 38.0 Å². The van der Waals surface area contributed by atoms with Gasteiger partial charge in [0.05, 0.1) is 6.54 Å². The second-order valence-corrected chi connectivity index (χ2v) is 9.25. The molecule has 1 fully saturated rings. The molecule has 1 N–H and O–H groups in total. The first-order valence-electron chi connectivity index (χ1n) is 9.74. The molecule has 162 valence electrons. The van der Waals surface area contributed by atoms with E-state index in [9.17, 15) is 18.0 Å². The van der Waals surface area contributed by atoms with Gasteiger partial charge in [-0.15, -0.1) is 0 Å². The zero-order valence-corrected chi connectivity index (χ0v) is 18.2. The summed E-state index contributed by atoms with van der Waals surface area (Å²) in [6, 6.07) is 6.78. The van der Waals surface area contributed by atoms with Gasteiger partial charge in [0.15, 0.2) is 11.5 Å². The molecular weight excluding hydrogens is 408 g/mol. The van der Waals surface area contributed by atoms with Crippen molar-refractivity contribution in [3.63, 3.8) is 0 Å². The highest BCUT2D eigenvalue weighted by Gasteiger charge is 2.32. The number of nitrogens with one attached hydrogen (secondary N) is 1. The maximum absolute atomic E-state index is 13.0. The zero-order chi connectivity index (χ0) is 21.9. The zero-order valence-electron chi connectivity index (χ0n) is 17.3. The van der Waals surface area contributed by atoms with Crippen LogP contribution in [0.1, 0.15) is 35.2 Å². The Morgan fingerprint density at radius 2 is 1.93 bits per heavy atom. The van der Waals surface area contributed by atoms with Crippen molar-refractivity contribution in [3.05, 3.63) is 41.3 Å². The Bertz CT molecular complexity index is 1030. The molecule has 0 aliphatic carbocycles. The number of amides is 1. The first kappa shape index (κ1) is 22.1. The van der Waals surface area contributed by atoms with Gasteiger partial charge in [0.1, 0.15) is 10.6 Å². The van der Waals surface area contributed by atoms with Gasteiger partial charge in [-0.25, -0.2) is 8.42 Å². The summed E-state index contributed by atoms with van der Waals surface area (Å²) in [5.41, 5.74) is 1.44. The molecule has 0 saturated carbocycles. The smallest absolute Gasteiger partial charge is 0.248 e. The maximum atomic E-state index is 13.0. The lowest BCUT2D eigenvalue weighted by Crippen LogP contribution is -2.38. The van der Waals surface area contributed by atoms with Crippen LogP contribution in [0.4, 0.5) is 5.69 Å². The van der Waals surface area contributed by atoms with Crippen LogP contribution < -0.4 is 5.32 Å². The highest BCUT2D eigenvalue weighted by molar-refractivity contribution is 7.89. The Kier molecular flexibility index (Phi) is 6.69. The van der Waals surface area contributed by atoms with Gasteiger partial charge in [0.2, 0.25) is 15.9 Å². The number of anilines is 1. The predicted octanol–water partition coefficient (Wildman–Crippen LogP) is 1.83. The Balaban J connectivity index is 1.61. The standard InChI is InChI=1S/C20H26N4O5S/c1-14-20(16(3)29-22-14)30(27,28)24-9-5-8-23(10-11-24)13-19(26)21-18-7-4-6-17(12-18)15(2)25/h4,6-7,12H,5,8-11,13H2,1-3H3,(H,21,26). The minimum atomic E-state index is -3.70. The third kappa shape index (κ3) is 4.94. The Morgan fingerprint density at radius 3 is 2.60 bits per heavy atom.